The lowest BCUT2D eigenvalue weighted by molar-refractivity contribution is 0.337. The van der Waals surface area contributed by atoms with Crippen LogP contribution in [0.4, 0.5) is 0 Å². The maximum Gasteiger partial charge on any atom is 0.0888 e. The molecule has 0 radical (unpaired) electrons. The average molecular weight is 281 g/mol. The van der Waals surface area contributed by atoms with E-state index in [0.29, 0.717) is 11.7 Å². The first-order valence-electron chi connectivity index (χ1n) is 7.63. The molecule has 3 N–H and O–H groups in total. The molecule has 1 atom stereocenters. The van der Waals surface area contributed by atoms with Crippen LogP contribution in [0.1, 0.15) is 40.7 Å². The molecule has 2 aliphatic rings. The van der Waals surface area contributed by atoms with Crippen LogP contribution in [0.15, 0.2) is 30.7 Å². The Morgan fingerprint density at radius 3 is 2.62 bits per heavy atom. The molecule has 0 bridgehead atoms. The molecule has 1 fully saturated rings. The Kier molecular flexibility index (Phi) is 3.40. The van der Waals surface area contributed by atoms with Gasteiger partial charge in [0.1, 0.15) is 0 Å². The maximum atomic E-state index is 9.69. The van der Waals surface area contributed by atoms with Crippen LogP contribution < -0.4 is 5.73 Å². The van der Waals surface area contributed by atoms with Crippen molar-refractivity contribution in [3.05, 3.63) is 58.5 Å². The summed E-state index contributed by atoms with van der Waals surface area (Å²) in [6.45, 7) is 9.79. The number of aliphatic hydroxyl groups is 1. The van der Waals surface area contributed by atoms with E-state index in [1.54, 1.807) is 0 Å². The fourth-order valence-electron chi connectivity index (χ4n) is 3.32. The van der Waals surface area contributed by atoms with E-state index in [0.717, 1.165) is 24.1 Å². The van der Waals surface area contributed by atoms with E-state index in [1.165, 1.54) is 35.1 Å². The van der Waals surface area contributed by atoms with Crippen LogP contribution in [0.3, 0.4) is 0 Å². The minimum Gasteiger partial charge on any atom is -0.513 e. The molecule has 1 aromatic rings. The van der Waals surface area contributed by atoms with Crippen molar-refractivity contribution < 1.29 is 5.11 Å². The smallest absolute Gasteiger partial charge is 0.0888 e. The molecule has 1 unspecified atom stereocenters. The van der Waals surface area contributed by atoms with Crippen LogP contribution in [0.25, 0.3) is 12.2 Å². The van der Waals surface area contributed by atoms with Gasteiger partial charge in [-0.2, -0.15) is 0 Å². The van der Waals surface area contributed by atoms with Crippen molar-refractivity contribution in [3.63, 3.8) is 0 Å². The summed E-state index contributed by atoms with van der Waals surface area (Å²) in [4.78, 5) is 0. The molecule has 110 valence electrons. The van der Waals surface area contributed by atoms with Gasteiger partial charge >= 0.3 is 0 Å². The summed E-state index contributed by atoms with van der Waals surface area (Å²) in [5.74, 6) is 1.01. The Morgan fingerprint density at radius 2 is 2.05 bits per heavy atom. The number of hydrogen-bond donors (Lipinski definition) is 2. The van der Waals surface area contributed by atoms with Crippen molar-refractivity contribution in [2.24, 2.45) is 17.6 Å². The normalized spacial score (nSPS) is 21.2. The first-order valence-corrected chi connectivity index (χ1v) is 7.63. The molecule has 2 nitrogen and oxygen atoms in total. The number of nitrogens with two attached hydrogens (primary N) is 1. The minimum absolute atomic E-state index is 0.149. The number of hydrogen-bond acceptors (Lipinski definition) is 2. The highest BCUT2D eigenvalue weighted by molar-refractivity contribution is 5.71. The molecule has 3 rings (SSSR count). The molecular weight excluding hydrogens is 258 g/mol. The molecule has 2 heteroatoms. The summed E-state index contributed by atoms with van der Waals surface area (Å²) in [6.07, 6.45) is 8.20. The monoisotopic (exact) mass is 281 g/mol. The highest BCUT2D eigenvalue weighted by Gasteiger charge is 2.28. The van der Waals surface area contributed by atoms with Crippen molar-refractivity contribution in [2.45, 2.75) is 32.6 Å². The number of allylic oxidation sites excluding steroid dienone is 2. The van der Waals surface area contributed by atoms with Gasteiger partial charge in [-0.05, 0) is 72.4 Å². The molecule has 0 spiro atoms. The number of benzene rings is 1. The molecule has 1 aromatic carbocycles. The molecule has 21 heavy (non-hydrogen) atoms. The third-order valence-electron chi connectivity index (χ3n) is 4.85. The Labute approximate surface area is 126 Å². The largest absolute Gasteiger partial charge is 0.513 e. The standard InChI is InChI=1S/C19H23NO/c1-4-13-7-16-8-15(12(3)21)9-17(16)11(2)18(13)10-19(20)14-5-6-14/h4,7,10,14-15,21H,1,3,5-6,8-9,20H2,2H3/b19-10-. The third kappa shape index (κ3) is 2.51. The Balaban J connectivity index is 2.06. The van der Waals surface area contributed by atoms with Gasteiger partial charge in [0.2, 0.25) is 0 Å². The van der Waals surface area contributed by atoms with Gasteiger partial charge in [-0.25, -0.2) is 0 Å². The van der Waals surface area contributed by atoms with Gasteiger partial charge in [0, 0.05) is 11.6 Å². The first-order chi connectivity index (χ1) is 10.0. The van der Waals surface area contributed by atoms with Crippen LogP contribution in [0, 0.1) is 18.8 Å². The quantitative estimate of drug-likeness (QED) is 0.815. The van der Waals surface area contributed by atoms with Crippen molar-refractivity contribution >= 4 is 12.2 Å². The molecule has 1 saturated carbocycles. The van der Waals surface area contributed by atoms with Crippen LogP contribution in [0.5, 0.6) is 0 Å². The zero-order valence-corrected chi connectivity index (χ0v) is 12.7. The van der Waals surface area contributed by atoms with Gasteiger partial charge in [0.25, 0.3) is 0 Å². The Bertz CT molecular complexity index is 650. The lowest BCUT2D eigenvalue weighted by Gasteiger charge is -2.13. The predicted molar refractivity (Wildman–Crippen MR) is 88.8 cm³/mol. The average Bonchev–Trinajstić information content (AvgIpc) is 3.21. The second-order valence-corrected chi connectivity index (χ2v) is 6.36. The zero-order chi connectivity index (χ0) is 15.1. The lowest BCUT2D eigenvalue weighted by atomic mass is 9.92. The number of aliphatic hydroxyl groups excluding tert-OH is 1. The van der Waals surface area contributed by atoms with E-state index >= 15 is 0 Å². The summed E-state index contributed by atoms with van der Waals surface area (Å²) in [6, 6.07) is 2.20. The number of rotatable bonds is 4. The molecule has 0 saturated heterocycles. The zero-order valence-electron chi connectivity index (χ0n) is 12.7. The first kappa shape index (κ1) is 14.0. The number of fused-ring (bicyclic) bond motifs is 1. The van der Waals surface area contributed by atoms with Crippen molar-refractivity contribution in [3.8, 4) is 0 Å². The van der Waals surface area contributed by atoms with Gasteiger partial charge in [-0.15, -0.1) is 0 Å². The fraction of sp³-hybridized carbons (Fsp3) is 0.368. The Morgan fingerprint density at radius 1 is 1.33 bits per heavy atom. The highest BCUT2D eigenvalue weighted by Crippen LogP contribution is 2.38. The summed E-state index contributed by atoms with van der Waals surface area (Å²) >= 11 is 0. The van der Waals surface area contributed by atoms with Crippen molar-refractivity contribution in [2.75, 3.05) is 0 Å². The summed E-state index contributed by atoms with van der Waals surface area (Å²) in [7, 11) is 0. The van der Waals surface area contributed by atoms with Gasteiger partial charge < -0.3 is 10.8 Å². The summed E-state index contributed by atoms with van der Waals surface area (Å²) in [5, 5.41) is 9.69. The molecule has 0 aliphatic heterocycles. The van der Waals surface area contributed by atoms with E-state index in [-0.39, 0.29) is 5.92 Å². The maximum absolute atomic E-state index is 9.69. The highest BCUT2D eigenvalue weighted by atomic mass is 16.3. The third-order valence-corrected chi connectivity index (χ3v) is 4.85. The molecule has 0 heterocycles. The van der Waals surface area contributed by atoms with Crippen LogP contribution >= 0.6 is 0 Å². The van der Waals surface area contributed by atoms with E-state index in [1.807, 2.05) is 6.08 Å². The second kappa shape index (κ2) is 5.10. The van der Waals surface area contributed by atoms with E-state index in [4.69, 9.17) is 5.73 Å². The predicted octanol–water partition coefficient (Wildman–Crippen LogP) is 4.13. The Hall–Kier alpha value is -1.96. The van der Waals surface area contributed by atoms with Crippen LogP contribution in [0.2, 0.25) is 0 Å². The SMILES string of the molecule is C=Cc1cc2c(c(C)c1/C=C(\N)C1CC1)CC(C(=C)O)C2. The van der Waals surface area contributed by atoms with E-state index in [2.05, 4.69) is 32.2 Å². The molecule has 0 amide bonds. The van der Waals surface area contributed by atoms with Gasteiger partial charge in [0.05, 0.1) is 5.76 Å². The van der Waals surface area contributed by atoms with Gasteiger partial charge in [0.15, 0.2) is 0 Å². The lowest BCUT2D eigenvalue weighted by Crippen LogP contribution is -2.02. The van der Waals surface area contributed by atoms with Crippen LogP contribution in [-0.4, -0.2) is 5.11 Å². The molecule has 0 aromatic heterocycles. The van der Waals surface area contributed by atoms with Crippen molar-refractivity contribution in [1.29, 1.82) is 0 Å². The van der Waals surface area contributed by atoms with Gasteiger partial charge in [-0.1, -0.05) is 25.3 Å². The topological polar surface area (TPSA) is 46.2 Å². The van der Waals surface area contributed by atoms with Crippen LogP contribution in [-0.2, 0) is 12.8 Å². The molecular formula is C19H23NO. The van der Waals surface area contributed by atoms with E-state index < -0.39 is 0 Å². The molecule has 2 aliphatic carbocycles. The minimum atomic E-state index is 0.149. The van der Waals surface area contributed by atoms with E-state index in [9.17, 15) is 5.11 Å². The summed E-state index contributed by atoms with van der Waals surface area (Å²) in [5.41, 5.74) is 13.4. The van der Waals surface area contributed by atoms with Crippen molar-refractivity contribution in [1.82, 2.24) is 0 Å². The van der Waals surface area contributed by atoms with Gasteiger partial charge in [-0.3, -0.25) is 0 Å². The second-order valence-electron chi connectivity index (χ2n) is 6.36. The fourth-order valence-corrected chi connectivity index (χ4v) is 3.32. The summed E-state index contributed by atoms with van der Waals surface area (Å²) < 4.78 is 0.